The Morgan fingerprint density at radius 3 is 2.32 bits per heavy atom. The van der Waals surface area contributed by atoms with E-state index in [1.165, 1.54) is 12.3 Å². The number of anilines is 2. The molecule has 0 unspecified atom stereocenters. The van der Waals surface area contributed by atoms with Gasteiger partial charge in [0.05, 0.1) is 59.6 Å². The van der Waals surface area contributed by atoms with Gasteiger partial charge in [0.2, 0.25) is 5.95 Å². The van der Waals surface area contributed by atoms with Gasteiger partial charge < -0.3 is 19.5 Å². The largest absolute Gasteiger partial charge is 0.490 e. The Morgan fingerprint density at radius 2 is 1.70 bits per heavy atom. The van der Waals surface area contributed by atoms with Crippen LogP contribution in [0.4, 0.5) is 55.9 Å². The number of halogens is 9. The molecule has 0 fully saturated rings. The van der Waals surface area contributed by atoms with E-state index in [1.54, 1.807) is 19.9 Å². The fourth-order valence-electron chi connectivity index (χ4n) is 5.60. The van der Waals surface area contributed by atoms with Crippen LogP contribution in [0.3, 0.4) is 0 Å². The van der Waals surface area contributed by atoms with Crippen LogP contribution in [0.1, 0.15) is 79.1 Å². The van der Waals surface area contributed by atoms with Crippen LogP contribution >= 0.6 is 0 Å². The van der Waals surface area contributed by atoms with Gasteiger partial charge in [-0.3, -0.25) is 9.69 Å². The first kappa shape index (κ1) is 40.5. The summed E-state index contributed by atoms with van der Waals surface area (Å²) in [6.45, 7) is 1.41. The normalized spacial score (nSPS) is 16.0. The Labute approximate surface area is 296 Å². The SMILES string of the molecule is CCOC(=O)CCCOc1cnc(N[C@H]2C[C@@H](CC)N(C(=O)OCC(F)(F)F)c3ccc(C(F)(F)F)cc32)nc1Cc1cc(C#N)cc(C(F)(F)F)c1. The van der Waals surface area contributed by atoms with Crippen LogP contribution in [0.25, 0.3) is 0 Å². The average Bonchev–Trinajstić information content (AvgIpc) is 3.08. The van der Waals surface area contributed by atoms with E-state index in [2.05, 4.69) is 20.0 Å². The van der Waals surface area contributed by atoms with Crippen LogP contribution in [-0.4, -0.2) is 54.1 Å². The average molecular weight is 762 g/mol. The van der Waals surface area contributed by atoms with Crippen LogP contribution in [0.15, 0.2) is 42.6 Å². The minimum atomic E-state index is -4.86. The number of fused-ring (bicyclic) bond motifs is 1. The van der Waals surface area contributed by atoms with E-state index in [9.17, 15) is 54.4 Å². The van der Waals surface area contributed by atoms with Crippen molar-refractivity contribution in [1.29, 1.82) is 5.26 Å². The molecule has 1 aliphatic heterocycles. The third-order valence-corrected chi connectivity index (χ3v) is 7.93. The second-order valence-electron chi connectivity index (χ2n) is 11.8. The summed E-state index contributed by atoms with van der Waals surface area (Å²) in [5, 5.41) is 12.3. The second kappa shape index (κ2) is 16.6. The van der Waals surface area contributed by atoms with Gasteiger partial charge in [0.25, 0.3) is 0 Å². The Balaban J connectivity index is 1.73. The molecule has 1 aliphatic rings. The molecule has 0 saturated carbocycles. The Bertz CT molecular complexity index is 1830. The van der Waals surface area contributed by atoms with Crippen molar-refractivity contribution in [2.45, 2.75) is 76.6 Å². The van der Waals surface area contributed by atoms with Gasteiger partial charge in [0.1, 0.15) is 0 Å². The smallest absolute Gasteiger partial charge is 0.422 e. The predicted octanol–water partition coefficient (Wildman–Crippen LogP) is 8.54. The Kier molecular flexibility index (Phi) is 12.7. The lowest BCUT2D eigenvalue weighted by molar-refractivity contribution is -0.160. The second-order valence-corrected chi connectivity index (χ2v) is 11.8. The van der Waals surface area contributed by atoms with Gasteiger partial charge in [0.15, 0.2) is 12.4 Å². The molecule has 2 atom stereocenters. The monoisotopic (exact) mass is 761 g/mol. The highest BCUT2D eigenvalue weighted by molar-refractivity contribution is 5.90. The number of alkyl halides is 9. The molecule has 19 heteroatoms. The minimum Gasteiger partial charge on any atom is -0.490 e. The standard InChI is InChI=1S/C34H32F9N5O5/c1-3-23-15-25(24-14-21(33(38,39)40)7-8-27(24)48(23)31(50)53-18-32(35,36)37)46-30-45-17-28(52-9-5-6-29(49)51-4-2)26(47-30)13-19-10-20(16-44)12-22(11-19)34(41,42)43/h7-8,10-12,14,17,23,25H,3-6,9,13,15,18H2,1-2H3,(H,45,46,47)/t23-,25+/m1/s1. The quantitative estimate of drug-likeness (QED) is 0.110. The lowest BCUT2D eigenvalue weighted by Gasteiger charge is -2.40. The number of nitrogens with one attached hydrogen (secondary N) is 1. The number of amides is 1. The zero-order chi connectivity index (χ0) is 39.1. The van der Waals surface area contributed by atoms with Gasteiger partial charge in [0, 0.05) is 18.9 Å². The molecule has 4 rings (SSSR count). The molecule has 53 heavy (non-hydrogen) atoms. The van der Waals surface area contributed by atoms with Gasteiger partial charge in [-0.2, -0.15) is 44.8 Å². The summed E-state index contributed by atoms with van der Waals surface area (Å²) in [7, 11) is 0. The van der Waals surface area contributed by atoms with Gasteiger partial charge in [-0.15, -0.1) is 0 Å². The molecule has 0 spiro atoms. The summed E-state index contributed by atoms with van der Waals surface area (Å²) in [6, 6.07) is 4.80. The summed E-state index contributed by atoms with van der Waals surface area (Å²) in [4.78, 5) is 34.1. The molecule has 10 nitrogen and oxygen atoms in total. The molecule has 0 aliphatic carbocycles. The van der Waals surface area contributed by atoms with E-state index >= 15 is 0 Å². The maximum Gasteiger partial charge on any atom is 0.422 e. The first-order valence-corrected chi connectivity index (χ1v) is 16.1. The molecule has 3 aromatic rings. The van der Waals surface area contributed by atoms with Crippen molar-refractivity contribution in [2.75, 3.05) is 30.0 Å². The summed E-state index contributed by atoms with van der Waals surface area (Å²) < 4.78 is 136. The maximum absolute atomic E-state index is 13.8. The number of carbonyl (C=O) groups excluding carboxylic acids is 2. The highest BCUT2D eigenvalue weighted by Crippen LogP contribution is 2.43. The number of aromatic nitrogens is 2. The molecular weight excluding hydrogens is 729 g/mol. The van der Waals surface area contributed by atoms with Crippen molar-refractivity contribution in [1.82, 2.24) is 9.97 Å². The van der Waals surface area contributed by atoms with Crippen LogP contribution in [-0.2, 0) is 33.0 Å². The molecule has 0 saturated heterocycles. The molecule has 2 heterocycles. The number of carbonyl (C=O) groups is 2. The molecule has 1 amide bonds. The molecule has 0 radical (unpaired) electrons. The van der Waals surface area contributed by atoms with E-state index in [-0.39, 0.29) is 85.1 Å². The summed E-state index contributed by atoms with van der Waals surface area (Å²) in [6.07, 6.45) is -14.9. The van der Waals surface area contributed by atoms with E-state index in [4.69, 9.17) is 9.47 Å². The molecule has 1 N–H and O–H groups in total. The van der Waals surface area contributed by atoms with Gasteiger partial charge in [-0.05, 0) is 73.7 Å². The number of hydrogen-bond acceptors (Lipinski definition) is 9. The third kappa shape index (κ3) is 10.9. The minimum absolute atomic E-state index is 0.00585. The number of nitriles is 1. The maximum atomic E-state index is 13.8. The molecule has 286 valence electrons. The molecule has 0 bridgehead atoms. The number of nitrogens with zero attached hydrogens (tertiary/aromatic N) is 4. The topological polar surface area (TPSA) is 127 Å². The first-order chi connectivity index (χ1) is 24.8. The summed E-state index contributed by atoms with van der Waals surface area (Å²) >= 11 is 0. The zero-order valence-corrected chi connectivity index (χ0v) is 28.1. The fourth-order valence-corrected chi connectivity index (χ4v) is 5.60. The number of esters is 1. The van der Waals surface area contributed by atoms with Crippen molar-refractivity contribution in [3.8, 4) is 11.8 Å². The van der Waals surface area contributed by atoms with E-state index in [1.807, 2.05) is 0 Å². The number of hydrogen-bond donors (Lipinski definition) is 1. The third-order valence-electron chi connectivity index (χ3n) is 7.93. The molecule has 1 aromatic heterocycles. The highest BCUT2D eigenvalue weighted by atomic mass is 19.4. The zero-order valence-electron chi connectivity index (χ0n) is 28.1. The summed E-state index contributed by atoms with van der Waals surface area (Å²) in [5.41, 5.74) is -2.79. The van der Waals surface area contributed by atoms with Crippen molar-refractivity contribution in [2.24, 2.45) is 0 Å². The van der Waals surface area contributed by atoms with Gasteiger partial charge in [-0.25, -0.2) is 14.8 Å². The summed E-state index contributed by atoms with van der Waals surface area (Å²) in [5.74, 6) is -0.717. The first-order valence-electron chi connectivity index (χ1n) is 16.1. The molecular formula is C34H32F9N5O5. The number of ether oxygens (including phenoxy) is 3. The van der Waals surface area contributed by atoms with Crippen molar-refractivity contribution in [3.05, 3.63) is 76.1 Å². The van der Waals surface area contributed by atoms with Crippen molar-refractivity contribution in [3.63, 3.8) is 0 Å². The predicted molar refractivity (Wildman–Crippen MR) is 169 cm³/mol. The van der Waals surface area contributed by atoms with Crippen LogP contribution in [0.2, 0.25) is 0 Å². The number of benzene rings is 2. The number of rotatable bonds is 12. The van der Waals surface area contributed by atoms with Crippen LogP contribution in [0, 0.1) is 11.3 Å². The lowest BCUT2D eigenvalue weighted by Crippen LogP contribution is -2.46. The lowest BCUT2D eigenvalue weighted by atomic mass is 9.89. The van der Waals surface area contributed by atoms with Gasteiger partial charge >= 0.3 is 30.6 Å². The van der Waals surface area contributed by atoms with Gasteiger partial charge in [-0.1, -0.05) is 6.92 Å². The van der Waals surface area contributed by atoms with Crippen molar-refractivity contribution < 1.29 is 63.3 Å². The Morgan fingerprint density at radius 1 is 0.981 bits per heavy atom. The van der Waals surface area contributed by atoms with E-state index in [0.29, 0.717) is 12.1 Å². The van der Waals surface area contributed by atoms with Crippen LogP contribution in [0.5, 0.6) is 5.75 Å². The fraction of sp³-hybridized carbons (Fsp3) is 0.441. The molecule has 2 aromatic carbocycles. The van der Waals surface area contributed by atoms with Crippen LogP contribution < -0.4 is 15.0 Å². The Hall–Kier alpha value is -5.28. The van der Waals surface area contributed by atoms with E-state index in [0.717, 1.165) is 23.1 Å². The van der Waals surface area contributed by atoms with Crippen molar-refractivity contribution >= 4 is 23.7 Å². The van der Waals surface area contributed by atoms with E-state index < -0.39 is 60.4 Å². The highest BCUT2D eigenvalue weighted by Gasteiger charge is 2.41.